The van der Waals surface area contributed by atoms with Crippen LogP contribution in [-0.4, -0.2) is 33.7 Å². The van der Waals surface area contributed by atoms with Crippen LogP contribution in [0.2, 0.25) is 0 Å². The van der Waals surface area contributed by atoms with Gasteiger partial charge in [0.1, 0.15) is 11.5 Å². The van der Waals surface area contributed by atoms with Gasteiger partial charge in [-0.05, 0) is 42.5 Å². The number of carboxylic acids is 1. The molecule has 0 unspecified atom stereocenters. The van der Waals surface area contributed by atoms with Crippen molar-refractivity contribution in [2.45, 2.75) is 0 Å². The molecule has 7 heteroatoms. The molecule has 0 heterocycles. The number of phenolic OH excluding ortho intramolecular Hbond substituents is 2. The molecule has 6 nitrogen and oxygen atoms in total. The summed E-state index contributed by atoms with van der Waals surface area (Å²) >= 11 is 0. The first-order valence-electron chi connectivity index (χ1n) is 8.06. The van der Waals surface area contributed by atoms with Crippen LogP contribution in [0.15, 0.2) is 76.7 Å². The Labute approximate surface area is 174 Å². The SMILES string of the molecule is O=C(O)c1ccc(N=Cc2ccccc2O)c(N=Cc2ccccc2O)c1.[Zn]. The number of hydrogen-bond acceptors (Lipinski definition) is 5. The van der Waals surface area contributed by atoms with Crippen LogP contribution in [0.25, 0.3) is 0 Å². The van der Waals surface area contributed by atoms with Crippen molar-refractivity contribution in [2.75, 3.05) is 0 Å². The van der Waals surface area contributed by atoms with E-state index >= 15 is 0 Å². The quantitative estimate of drug-likeness (QED) is 0.419. The first-order chi connectivity index (χ1) is 13.0. The molecule has 3 N–H and O–H groups in total. The minimum absolute atomic E-state index is 0. The predicted molar refractivity (Wildman–Crippen MR) is 104 cm³/mol. The van der Waals surface area contributed by atoms with E-state index in [0.717, 1.165) is 0 Å². The zero-order chi connectivity index (χ0) is 19.2. The van der Waals surface area contributed by atoms with Crippen LogP contribution in [0.4, 0.5) is 11.4 Å². The molecular weight excluding hydrogens is 410 g/mol. The zero-order valence-electron chi connectivity index (χ0n) is 14.9. The molecule has 0 atom stereocenters. The van der Waals surface area contributed by atoms with Crippen LogP contribution in [-0.2, 0) is 19.5 Å². The van der Waals surface area contributed by atoms with Crippen LogP contribution >= 0.6 is 0 Å². The number of phenols is 2. The second kappa shape index (κ2) is 9.58. The average molecular weight is 426 g/mol. The van der Waals surface area contributed by atoms with E-state index in [-0.39, 0.29) is 36.5 Å². The van der Waals surface area contributed by atoms with Crippen molar-refractivity contribution in [3.8, 4) is 11.5 Å². The number of aromatic carboxylic acids is 1. The Kier molecular flexibility index (Phi) is 7.18. The van der Waals surface area contributed by atoms with Gasteiger partial charge in [0.05, 0.1) is 16.9 Å². The van der Waals surface area contributed by atoms with Gasteiger partial charge in [-0.1, -0.05) is 24.3 Å². The van der Waals surface area contributed by atoms with Crippen molar-refractivity contribution in [1.29, 1.82) is 0 Å². The largest absolute Gasteiger partial charge is 0.507 e. The van der Waals surface area contributed by atoms with Gasteiger partial charge in [0.25, 0.3) is 0 Å². The van der Waals surface area contributed by atoms with E-state index in [1.807, 2.05) is 0 Å². The number of aromatic hydroxyl groups is 2. The average Bonchev–Trinajstić information content (AvgIpc) is 2.67. The molecule has 0 bridgehead atoms. The first-order valence-corrected chi connectivity index (χ1v) is 8.06. The van der Waals surface area contributed by atoms with Crippen LogP contribution in [0, 0.1) is 0 Å². The maximum Gasteiger partial charge on any atom is 0.335 e. The molecule has 0 aromatic heterocycles. The Morgan fingerprint density at radius 3 is 1.75 bits per heavy atom. The van der Waals surface area contributed by atoms with Crippen LogP contribution in [0.5, 0.6) is 11.5 Å². The summed E-state index contributed by atoms with van der Waals surface area (Å²) in [7, 11) is 0. The molecule has 0 spiro atoms. The molecule has 0 fully saturated rings. The molecule has 0 aliphatic heterocycles. The van der Waals surface area contributed by atoms with Crippen LogP contribution < -0.4 is 0 Å². The van der Waals surface area contributed by atoms with Gasteiger partial charge in [-0.2, -0.15) is 0 Å². The van der Waals surface area contributed by atoms with Crippen LogP contribution in [0.1, 0.15) is 21.5 Å². The summed E-state index contributed by atoms with van der Waals surface area (Å²) in [6.45, 7) is 0. The molecular formula is C21H16N2O4Zn. The fourth-order valence-corrected chi connectivity index (χ4v) is 2.34. The number of carbonyl (C=O) groups is 1. The number of benzene rings is 3. The Hall–Kier alpha value is -3.31. The molecule has 0 saturated heterocycles. The van der Waals surface area contributed by atoms with E-state index < -0.39 is 5.97 Å². The second-order valence-corrected chi connectivity index (χ2v) is 5.64. The fraction of sp³-hybridized carbons (Fsp3) is 0. The Balaban J connectivity index is 0.00000280. The minimum atomic E-state index is -1.08. The van der Waals surface area contributed by atoms with E-state index in [9.17, 15) is 20.1 Å². The van der Waals surface area contributed by atoms with Crippen molar-refractivity contribution in [3.63, 3.8) is 0 Å². The van der Waals surface area contributed by atoms with Gasteiger partial charge in [-0.15, -0.1) is 0 Å². The van der Waals surface area contributed by atoms with Gasteiger partial charge >= 0.3 is 5.97 Å². The topological polar surface area (TPSA) is 102 Å². The standard InChI is InChI=1S/C21H16N2O4.Zn/c24-19-7-3-1-5-15(19)12-22-17-10-9-14(21(26)27)11-18(17)23-13-16-6-2-4-8-20(16)25;/h1-13,24-25H,(H,26,27);. The first kappa shape index (κ1) is 21.0. The van der Waals surface area contributed by atoms with Crippen molar-refractivity contribution >= 4 is 29.8 Å². The van der Waals surface area contributed by atoms with E-state index in [0.29, 0.717) is 22.5 Å². The summed E-state index contributed by atoms with van der Waals surface area (Å²) in [6.07, 6.45) is 2.92. The number of aliphatic imine (C=N–C) groups is 2. The molecule has 3 aromatic carbocycles. The second-order valence-electron chi connectivity index (χ2n) is 5.64. The smallest absolute Gasteiger partial charge is 0.335 e. The third kappa shape index (κ3) is 5.12. The fourth-order valence-electron chi connectivity index (χ4n) is 2.34. The number of para-hydroxylation sites is 2. The van der Waals surface area contributed by atoms with E-state index in [2.05, 4.69) is 9.98 Å². The molecule has 0 radical (unpaired) electrons. The molecule has 3 rings (SSSR count). The summed E-state index contributed by atoms with van der Waals surface area (Å²) < 4.78 is 0. The third-order valence-corrected chi connectivity index (χ3v) is 3.78. The molecule has 0 amide bonds. The number of rotatable bonds is 5. The predicted octanol–water partition coefficient (Wildman–Crippen LogP) is 4.29. The van der Waals surface area contributed by atoms with Gasteiger partial charge in [0.15, 0.2) is 0 Å². The van der Waals surface area contributed by atoms with Gasteiger partial charge in [-0.3, -0.25) is 9.98 Å². The Bertz CT molecular complexity index is 1050. The minimum Gasteiger partial charge on any atom is -0.507 e. The molecule has 3 aromatic rings. The molecule has 28 heavy (non-hydrogen) atoms. The van der Waals surface area contributed by atoms with E-state index in [1.165, 1.54) is 36.7 Å². The summed E-state index contributed by atoms with van der Waals surface area (Å²) in [5.41, 5.74) is 1.84. The monoisotopic (exact) mass is 424 g/mol. The van der Waals surface area contributed by atoms with E-state index in [4.69, 9.17) is 0 Å². The zero-order valence-corrected chi connectivity index (χ0v) is 17.8. The van der Waals surface area contributed by atoms with Crippen molar-refractivity contribution < 1.29 is 39.6 Å². The number of carboxylic acid groups (broad SMARTS) is 1. The van der Waals surface area contributed by atoms with Gasteiger partial charge in [-0.25, -0.2) is 4.79 Å². The Morgan fingerprint density at radius 2 is 1.25 bits per heavy atom. The molecule has 0 aliphatic carbocycles. The van der Waals surface area contributed by atoms with Gasteiger partial charge in [0, 0.05) is 43.0 Å². The summed E-state index contributed by atoms with van der Waals surface area (Å²) in [5.74, 6) is -0.928. The van der Waals surface area contributed by atoms with Crippen LogP contribution in [0.3, 0.4) is 0 Å². The van der Waals surface area contributed by atoms with Gasteiger partial charge < -0.3 is 15.3 Å². The van der Waals surface area contributed by atoms with Gasteiger partial charge in [0.2, 0.25) is 0 Å². The number of hydrogen-bond donors (Lipinski definition) is 3. The van der Waals surface area contributed by atoms with Crippen molar-refractivity contribution in [2.24, 2.45) is 9.98 Å². The Morgan fingerprint density at radius 1 is 0.750 bits per heavy atom. The maximum absolute atomic E-state index is 11.3. The normalized spacial score (nSPS) is 10.9. The number of nitrogens with zero attached hydrogens (tertiary/aromatic N) is 2. The van der Waals surface area contributed by atoms with Crippen molar-refractivity contribution in [1.82, 2.24) is 0 Å². The summed E-state index contributed by atoms with van der Waals surface area (Å²) in [6, 6.07) is 17.8. The van der Waals surface area contributed by atoms with Crippen molar-refractivity contribution in [3.05, 3.63) is 83.4 Å². The van der Waals surface area contributed by atoms with E-state index in [1.54, 1.807) is 42.5 Å². The molecule has 136 valence electrons. The maximum atomic E-state index is 11.3. The summed E-state index contributed by atoms with van der Waals surface area (Å²) in [4.78, 5) is 19.9. The third-order valence-electron chi connectivity index (χ3n) is 3.78. The molecule has 0 saturated carbocycles. The summed E-state index contributed by atoms with van der Waals surface area (Å²) in [5, 5.41) is 28.9. The molecule has 0 aliphatic rings.